The molecule has 0 heterocycles. The highest BCUT2D eigenvalue weighted by molar-refractivity contribution is 5.75. The van der Waals surface area contributed by atoms with Gasteiger partial charge in [0.2, 0.25) is 0 Å². The summed E-state index contributed by atoms with van der Waals surface area (Å²) in [6.07, 6.45) is 1.53. The van der Waals surface area contributed by atoms with Crippen LogP contribution in [0.15, 0.2) is 54.6 Å². The van der Waals surface area contributed by atoms with Crippen LogP contribution in [-0.2, 0) is 11.2 Å². The van der Waals surface area contributed by atoms with Gasteiger partial charge in [-0.15, -0.1) is 0 Å². The monoisotopic (exact) mass is 272 g/mol. The molecule has 20 heavy (non-hydrogen) atoms. The largest absolute Gasteiger partial charge is 0.504 e. The van der Waals surface area contributed by atoms with E-state index in [1.807, 2.05) is 30.3 Å². The fourth-order valence-electron chi connectivity index (χ4n) is 1.59. The SMILES string of the molecule is CC(=O)CCc1ccccc1.COc1ccccc1O. The van der Waals surface area contributed by atoms with Gasteiger partial charge in [0.1, 0.15) is 5.78 Å². The number of hydrogen-bond acceptors (Lipinski definition) is 3. The Bertz CT molecular complexity index is 521. The second-order valence-corrected chi connectivity index (χ2v) is 4.36. The van der Waals surface area contributed by atoms with E-state index in [1.54, 1.807) is 31.2 Å². The zero-order valence-electron chi connectivity index (χ0n) is 11.9. The van der Waals surface area contributed by atoms with Gasteiger partial charge in [-0.05, 0) is 31.0 Å². The standard InChI is InChI=1S/C10H12O.C7H8O2/c1-9(11)7-8-10-5-3-2-4-6-10;1-9-7-5-3-2-4-6(7)8/h2-6H,7-8H2,1H3;2-5,8H,1H3. The summed E-state index contributed by atoms with van der Waals surface area (Å²) in [5.41, 5.74) is 1.24. The molecule has 1 N–H and O–H groups in total. The number of Topliss-reactive ketones (excluding diaryl/α,β-unsaturated/α-hetero) is 1. The highest BCUT2D eigenvalue weighted by Gasteiger charge is 1.94. The Kier molecular flexibility index (Phi) is 6.90. The van der Waals surface area contributed by atoms with E-state index in [2.05, 4.69) is 0 Å². The van der Waals surface area contributed by atoms with Crippen LogP contribution in [0.25, 0.3) is 0 Å². The molecule has 0 radical (unpaired) electrons. The van der Waals surface area contributed by atoms with E-state index in [0.29, 0.717) is 12.2 Å². The Hall–Kier alpha value is -2.29. The van der Waals surface area contributed by atoms with Gasteiger partial charge in [0.05, 0.1) is 7.11 Å². The van der Waals surface area contributed by atoms with Gasteiger partial charge in [0.25, 0.3) is 0 Å². The molecule has 0 bridgehead atoms. The lowest BCUT2D eigenvalue weighted by atomic mass is 10.1. The summed E-state index contributed by atoms with van der Waals surface area (Å²) in [7, 11) is 1.52. The number of methoxy groups -OCH3 is 1. The second kappa shape index (κ2) is 8.75. The van der Waals surface area contributed by atoms with Gasteiger partial charge in [0, 0.05) is 6.42 Å². The highest BCUT2D eigenvalue weighted by Crippen LogP contribution is 2.23. The molecule has 0 aliphatic heterocycles. The first-order chi connectivity index (χ1) is 9.63. The van der Waals surface area contributed by atoms with Crippen LogP contribution in [0.1, 0.15) is 18.9 Å². The van der Waals surface area contributed by atoms with Gasteiger partial charge in [-0.1, -0.05) is 42.5 Å². The number of aromatic hydroxyl groups is 1. The lowest BCUT2D eigenvalue weighted by molar-refractivity contribution is -0.116. The first kappa shape index (κ1) is 15.8. The van der Waals surface area contributed by atoms with Gasteiger partial charge in [-0.25, -0.2) is 0 Å². The predicted octanol–water partition coefficient (Wildman–Crippen LogP) is 3.61. The minimum atomic E-state index is 0.181. The lowest BCUT2D eigenvalue weighted by Crippen LogP contribution is -1.92. The van der Waals surface area contributed by atoms with Crippen LogP contribution in [0.5, 0.6) is 11.5 Å². The van der Waals surface area contributed by atoms with E-state index in [9.17, 15) is 4.79 Å². The van der Waals surface area contributed by atoms with Crippen molar-refractivity contribution in [2.75, 3.05) is 7.11 Å². The van der Waals surface area contributed by atoms with E-state index in [-0.39, 0.29) is 11.5 Å². The van der Waals surface area contributed by atoms with Crippen molar-refractivity contribution in [2.24, 2.45) is 0 Å². The van der Waals surface area contributed by atoms with Crippen molar-refractivity contribution in [3.63, 3.8) is 0 Å². The van der Waals surface area contributed by atoms with Crippen LogP contribution in [0.4, 0.5) is 0 Å². The molecule has 2 rings (SSSR count). The molecule has 0 spiro atoms. The maximum atomic E-state index is 10.6. The zero-order chi connectivity index (χ0) is 14.8. The van der Waals surface area contributed by atoms with Crippen molar-refractivity contribution in [3.05, 3.63) is 60.2 Å². The number of carbonyl (C=O) groups is 1. The highest BCUT2D eigenvalue weighted by atomic mass is 16.5. The number of hydrogen-bond donors (Lipinski definition) is 1. The van der Waals surface area contributed by atoms with E-state index >= 15 is 0 Å². The molecule has 0 aliphatic rings. The average molecular weight is 272 g/mol. The predicted molar refractivity (Wildman–Crippen MR) is 80.1 cm³/mol. The molecule has 3 heteroatoms. The molecule has 0 saturated heterocycles. The number of ether oxygens (including phenoxy) is 1. The third-order valence-corrected chi connectivity index (χ3v) is 2.69. The molecule has 0 amide bonds. The molecule has 0 aromatic heterocycles. The van der Waals surface area contributed by atoms with Crippen molar-refractivity contribution in [3.8, 4) is 11.5 Å². The number of para-hydroxylation sites is 2. The molecule has 0 atom stereocenters. The number of benzene rings is 2. The number of ketones is 1. The topological polar surface area (TPSA) is 46.5 Å². The number of carbonyl (C=O) groups excluding carboxylic acids is 1. The van der Waals surface area contributed by atoms with Crippen LogP contribution in [0.3, 0.4) is 0 Å². The molecule has 0 aliphatic carbocycles. The van der Waals surface area contributed by atoms with E-state index in [4.69, 9.17) is 9.84 Å². The fraction of sp³-hybridized carbons (Fsp3) is 0.235. The third kappa shape index (κ3) is 6.05. The average Bonchev–Trinajstić information content (AvgIpc) is 2.47. The van der Waals surface area contributed by atoms with Crippen LogP contribution in [0, 0.1) is 0 Å². The molecular weight excluding hydrogens is 252 g/mol. The second-order valence-electron chi connectivity index (χ2n) is 4.36. The van der Waals surface area contributed by atoms with Gasteiger partial charge in [-0.3, -0.25) is 0 Å². The van der Waals surface area contributed by atoms with Crippen molar-refractivity contribution in [1.82, 2.24) is 0 Å². The summed E-state index contributed by atoms with van der Waals surface area (Å²) in [4.78, 5) is 10.6. The van der Waals surface area contributed by atoms with Crippen molar-refractivity contribution in [1.29, 1.82) is 0 Å². The normalized spacial score (nSPS) is 9.30. The van der Waals surface area contributed by atoms with Gasteiger partial charge >= 0.3 is 0 Å². The Balaban J connectivity index is 0.000000204. The van der Waals surface area contributed by atoms with Crippen LogP contribution in [-0.4, -0.2) is 18.0 Å². The fourth-order valence-corrected chi connectivity index (χ4v) is 1.59. The zero-order valence-corrected chi connectivity index (χ0v) is 11.9. The Morgan fingerprint density at radius 3 is 2.15 bits per heavy atom. The van der Waals surface area contributed by atoms with Crippen molar-refractivity contribution in [2.45, 2.75) is 19.8 Å². The van der Waals surface area contributed by atoms with Gasteiger partial charge in [0.15, 0.2) is 11.5 Å². The van der Waals surface area contributed by atoms with Crippen LogP contribution < -0.4 is 4.74 Å². The quantitative estimate of drug-likeness (QED) is 0.924. The van der Waals surface area contributed by atoms with Crippen molar-refractivity contribution < 1.29 is 14.6 Å². The summed E-state index contributed by atoms with van der Waals surface area (Å²) in [5.74, 6) is 0.950. The Morgan fingerprint density at radius 1 is 1.05 bits per heavy atom. The maximum absolute atomic E-state index is 10.6. The van der Waals surface area contributed by atoms with E-state index in [0.717, 1.165) is 6.42 Å². The molecule has 0 saturated carbocycles. The summed E-state index contributed by atoms with van der Waals surface area (Å²) in [5, 5.41) is 8.99. The number of aryl methyl sites for hydroxylation is 1. The minimum Gasteiger partial charge on any atom is -0.504 e. The molecule has 2 aromatic carbocycles. The Morgan fingerprint density at radius 2 is 1.65 bits per heavy atom. The molecule has 106 valence electrons. The minimum absolute atomic E-state index is 0.181. The number of phenols is 1. The molecule has 2 aromatic rings. The summed E-state index contributed by atoms with van der Waals surface area (Å²) in [6.45, 7) is 1.63. The summed E-state index contributed by atoms with van der Waals surface area (Å²) < 4.78 is 4.79. The van der Waals surface area contributed by atoms with Crippen LogP contribution in [0.2, 0.25) is 0 Å². The van der Waals surface area contributed by atoms with Gasteiger partial charge in [-0.2, -0.15) is 0 Å². The number of rotatable bonds is 4. The van der Waals surface area contributed by atoms with Crippen molar-refractivity contribution >= 4 is 5.78 Å². The first-order valence-electron chi connectivity index (χ1n) is 6.49. The van der Waals surface area contributed by atoms with Gasteiger partial charge < -0.3 is 14.6 Å². The molecule has 0 unspecified atom stereocenters. The van der Waals surface area contributed by atoms with E-state index in [1.165, 1.54) is 12.7 Å². The third-order valence-electron chi connectivity index (χ3n) is 2.69. The van der Waals surface area contributed by atoms with Crippen LogP contribution >= 0.6 is 0 Å². The smallest absolute Gasteiger partial charge is 0.160 e. The summed E-state index contributed by atoms with van der Waals surface area (Å²) >= 11 is 0. The molecular formula is C17H20O3. The first-order valence-corrected chi connectivity index (χ1v) is 6.49. The molecule has 3 nitrogen and oxygen atoms in total. The lowest BCUT2D eigenvalue weighted by Gasteiger charge is -1.99. The maximum Gasteiger partial charge on any atom is 0.160 e. The molecule has 0 fully saturated rings. The Labute approximate surface area is 119 Å². The number of phenolic OH excluding ortho intramolecular Hbond substituents is 1. The summed E-state index contributed by atoms with van der Waals surface area (Å²) in [6, 6.07) is 16.9. The van der Waals surface area contributed by atoms with E-state index < -0.39 is 0 Å².